The molecule has 1 fully saturated rings. The van der Waals surface area contributed by atoms with Gasteiger partial charge in [-0.1, -0.05) is 78.6 Å². The minimum atomic E-state index is -0.428. The zero-order valence-electron chi connectivity index (χ0n) is 21.3. The van der Waals surface area contributed by atoms with Crippen molar-refractivity contribution in [3.05, 3.63) is 59.7 Å². The van der Waals surface area contributed by atoms with Gasteiger partial charge in [0, 0.05) is 5.41 Å². The first-order chi connectivity index (χ1) is 15.8. The fourth-order valence-electron chi connectivity index (χ4n) is 4.73. The summed E-state index contributed by atoms with van der Waals surface area (Å²) in [4.78, 5) is 0. The topological polar surface area (TPSA) is 51.2 Å². The van der Waals surface area contributed by atoms with Crippen LogP contribution in [0.2, 0.25) is 0 Å². The molecule has 0 bridgehead atoms. The summed E-state index contributed by atoms with van der Waals surface area (Å²) < 4.78 is 17.9. The average Bonchev–Trinajstić information content (AvgIpc) is 3.69. The van der Waals surface area contributed by atoms with Gasteiger partial charge in [-0.2, -0.15) is 0 Å². The summed E-state index contributed by atoms with van der Waals surface area (Å²) in [6.07, 6.45) is 3.58. The van der Waals surface area contributed by atoms with Crippen molar-refractivity contribution in [3.8, 4) is 11.5 Å². The van der Waals surface area contributed by atoms with Gasteiger partial charge in [-0.05, 0) is 54.2 Å². The molecule has 0 aliphatic carbocycles. The molecule has 0 amide bonds. The van der Waals surface area contributed by atoms with Gasteiger partial charge in [0.25, 0.3) is 0 Å². The molecule has 2 aromatic rings. The largest absolute Gasteiger partial charge is 0.491 e. The van der Waals surface area contributed by atoms with Crippen molar-refractivity contribution in [2.24, 2.45) is 5.92 Å². The lowest BCUT2D eigenvalue weighted by Gasteiger charge is -2.32. The molecule has 1 heterocycles. The maximum atomic E-state index is 10.3. The summed E-state index contributed by atoms with van der Waals surface area (Å²) in [5.74, 6) is 1.97. The second-order valence-corrected chi connectivity index (χ2v) is 9.82. The highest BCUT2D eigenvalue weighted by atomic mass is 16.6. The third-order valence-corrected chi connectivity index (χ3v) is 7.60. The number of ether oxygens (including phenoxy) is 3. The normalized spacial score (nSPS) is 17.2. The molecule has 4 nitrogen and oxygen atoms in total. The summed E-state index contributed by atoms with van der Waals surface area (Å²) in [5, 5.41) is 10.3. The Balaban J connectivity index is 1.65. The Morgan fingerprint density at radius 3 is 1.79 bits per heavy atom. The lowest BCUT2D eigenvalue weighted by atomic mass is 9.78. The van der Waals surface area contributed by atoms with E-state index in [1.807, 2.05) is 12.1 Å². The molecule has 33 heavy (non-hydrogen) atoms. The predicted molar refractivity (Wildman–Crippen MR) is 134 cm³/mol. The Morgan fingerprint density at radius 2 is 1.36 bits per heavy atom. The van der Waals surface area contributed by atoms with Crippen LogP contribution in [0.15, 0.2) is 48.5 Å². The van der Waals surface area contributed by atoms with Crippen LogP contribution in [0.25, 0.3) is 0 Å². The summed E-state index contributed by atoms with van der Waals surface area (Å²) in [6.45, 7) is 14.1. The van der Waals surface area contributed by atoms with Crippen LogP contribution in [0.4, 0.5) is 0 Å². The minimum absolute atomic E-state index is 0.154. The molecule has 0 aromatic heterocycles. The van der Waals surface area contributed by atoms with Crippen molar-refractivity contribution in [1.82, 2.24) is 0 Å². The third-order valence-electron chi connectivity index (χ3n) is 7.60. The van der Waals surface area contributed by atoms with E-state index in [4.69, 9.17) is 14.2 Å². The molecular weight excluding hydrogens is 412 g/mol. The maximum Gasteiger partial charge on any atom is 0.137 e. The van der Waals surface area contributed by atoms with Gasteiger partial charge in [0.15, 0.2) is 0 Å². The Hall–Kier alpha value is -2.04. The predicted octanol–water partition coefficient (Wildman–Crippen LogP) is 6.52. The molecular formula is C29H42O4. The molecule has 182 valence electrons. The summed E-state index contributed by atoms with van der Waals surface area (Å²) in [6, 6.07) is 16.7. The Kier molecular flexibility index (Phi) is 8.47. The molecule has 0 radical (unpaired) electrons. The fourth-order valence-corrected chi connectivity index (χ4v) is 4.73. The number of aliphatic hydroxyl groups excluding tert-OH is 1. The van der Waals surface area contributed by atoms with Gasteiger partial charge < -0.3 is 19.3 Å². The van der Waals surface area contributed by atoms with Crippen LogP contribution in [0.3, 0.4) is 0 Å². The number of epoxide rings is 1. The molecule has 4 heteroatoms. The van der Waals surface area contributed by atoms with Crippen molar-refractivity contribution in [1.29, 1.82) is 0 Å². The summed E-state index contributed by atoms with van der Waals surface area (Å²) in [5.41, 5.74) is 2.06. The second-order valence-electron chi connectivity index (χ2n) is 9.82. The highest BCUT2D eigenvalue weighted by molar-refractivity contribution is 5.42. The molecule has 2 atom stereocenters. The van der Waals surface area contributed by atoms with Crippen molar-refractivity contribution in [3.63, 3.8) is 0 Å². The molecule has 3 rings (SSSR count). The van der Waals surface area contributed by atoms with Gasteiger partial charge in [0.2, 0.25) is 0 Å². The van der Waals surface area contributed by atoms with E-state index in [1.54, 1.807) is 0 Å². The van der Waals surface area contributed by atoms with Crippen molar-refractivity contribution < 1.29 is 19.3 Å². The zero-order chi connectivity index (χ0) is 24.1. The van der Waals surface area contributed by atoms with E-state index >= 15 is 0 Å². The molecule has 2 unspecified atom stereocenters. The average molecular weight is 455 g/mol. The summed E-state index contributed by atoms with van der Waals surface area (Å²) in [7, 11) is 0. The van der Waals surface area contributed by atoms with E-state index in [1.165, 1.54) is 11.1 Å². The fraction of sp³-hybridized carbons (Fsp3) is 0.586. The lowest BCUT2D eigenvalue weighted by molar-refractivity contribution is 0.0301. The lowest BCUT2D eigenvalue weighted by Crippen LogP contribution is -2.40. The van der Waals surface area contributed by atoms with Crippen LogP contribution in [-0.4, -0.2) is 36.1 Å². The zero-order valence-corrected chi connectivity index (χ0v) is 21.3. The molecule has 2 aromatic carbocycles. The standard InChI is InChI=1S/C29H42O4/c1-7-21(8-2)26(30)19-31-24-15-11-22(12-16-24)28(5,6)23-13-17-25(18-14-23)33-29(9-3,10-4)27-20-32-27/h11-18,21,26-27,30H,7-10,19-20H2,1-6H3. The first kappa shape index (κ1) is 25.6. The van der Waals surface area contributed by atoms with Gasteiger partial charge in [-0.3, -0.25) is 0 Å². The van der Waals surface area contributed by atoms with E-state index in [9.17, 15) is 5.11 Å². The second kappa shape index (κ2) is 10.9. The van der Waals surface area contributed by atoms with E-state index < -0.39 is 6.10 Å². The first-order valence-electron chi connectivity index (χ1n) is 12.6. The van der Waals surface area contributed by atoms with E-state index in [-0.39, 0.29) is 23.0 Å². The molecule has 0 saturated carbocycles. The maximum absolute atomic E-state index is 10.3. The van der Waals surface area contributed by atoms with Crippen molar-refractivity contribution >= 4 is 0 Å². The Bertz CT molecular complexity index is 844. The molecule has 0 spiro atoms. The van der Waals surface area contributed by atoms with Crippen molar-refractivity contribution in [2.75, 3.05) is 13.2 Å². The number of benzene rings is 2. The van der Waals surface area contributed by atoms with Gasteiger partial charge in [-0.25, -0.2) is 0 Å². The van der Waals surface area contributed by atoms with Crippen LogP contribution in [0.1, 0.15) is 78.4 Å². The molecule has 1 aliphatic heterocycles. The van der Waals surface area contributed by atoms with Gasteiger partial charge in [0.1, 0.15) is 29.8 Å². The van der Waals surface area contributed by atoms with Crippen LogP contribution in [0, 0.1) is 5.92 Å². The van der Waals surface area contributed by atoms with Gasteiger partial charge in [0.05, 0.1) is 12.7 Å². The van der Waals surface area contributed by atoms with Gasteiger partial charge >= 0.3 is 0 Å². The highest BCUT2D eigenvalue weighted by Gasteiger charge is 2.46. The third kappa shape index (κ3) is 5.91. The minimum Gasteiger partial charge on any atom is -0.491 e. The van der Waals surface area contributed by atoms with Crippen LogP contribution >= 0.6 is 0 Å². The monoisotopic (exact) mass is 454 g/mol. The smallest absolute Gasteiger partial charge is 0.137 e. The van der Waals surface area contributed by atoms with Crippen LogP contribution in [-0.2, 0) is 10.2 Å². The van der Waals surface area contributed by atoms with Crippen LogP contribution < -0.4 is 9.47 Å². The molecule has 1 N–H and O–H groups in total. The number of hydrogen-bond acceptors (Lipinski definition) is 4. The number of aliphatic hydroxyl groups is 1. The van der Waals surface area contributed by atoms with Crippen molar-refractivity contribution in [2.45, 2.75) is 90.4 Å². The quantitative estimate of drug-likeness (QED) is 0.350. The van der Waals surface area contributed by atoms with Crippen LogP contribution in [0.5, 0.6) is 11.5 Å². The van der Waals surface area contributed by atoms with E-state index in [2.05, 4.69) is 77.9 Å². The summed E-state index contributed by atoms with van der Waals surface area (Å²) >= 11 is 0. The number of rotatable bonds is 13. The Morgan fingerprint density at radius 1 is 0.879 bits per heavy atom. The molecule has 1 saturated heterocycles. The van der Waals surface area contributed by atoms with E-state index in [0.717, 1.165) is 43.8 Å². The highest BCUT2D eigenvalue weighted by Crippen LogP contribution is 2.37. The number of hydrogen-bond donors (Lipinski definition) is 1. The first-order valence-corrected chi connectivity index (χ1v) is 12.6. The van der Waals surface area contributed by atoms with E-state index in [0.29, 0.717) is 6.61 Å². The van der Waals surface area contributed by atoms with Gasteiger partial charge in [-0.15, -0.1) is 0 Å². The Labute approximate surface area is 200 Å². The SMILES string of the molecule is CCC(CC)C(O)COc1ccc(C(C)(C)c2ccc(OC(CC)(CC)C3CO3)cc2)cc1. The molecule has 1 aliphatic rings.